The van der Waals surface area contributed by atoms with Crippen molar-refractivity contribution >= 4 is 34.1 Å². The zero-order chi connectivity index (χ0) is 16.4. The van der Waals surface area contributed by atoms with Crippen LogP contribution in [0, 0.1) is 0 Å². The monoisotopic (exact) mass is 351 g/mol. The number of aromatic nitrogens is 1. The Hall–Kier alpha value is -2.24. The van der Waals surface area contributed by atoms with Crippen LogP contribution in [0.2, 0.25) is 10.0 Å². The van der Waals surface area contributed by atoms with Gasteiger partial charge in [-0.25, -0.2) is 9.59 Å². The predicted molar refractivity (Wildman–Crippen MR) is 88.7 cm³/mol. The minimum atomic E-state index is -0.768. The van der Waals surface area contributed by atoms with Crippen molar-refractivity contribution in [3.63, 3.8) is 0 Å². The molecule has 0 unspecified atom stereocenters. The first-order chi connectivity index (χ1) is 11.1. The van der Waals surface area contributed by atoms with Crippen LogP contribution in [0.4, 0.5) is 0 Å². The van der Waals surface area contributed by atoms with E-state index < -0.39 is 11.4 Å². The number of fused-ring (bicyclic) bond motifs is 1. The summed E-state index contributed by atoms with van der Waals surface area (Å²) in [6, 6.07) is 11.7. The molecule has 7 heteroatoms. The van der Waals surface area contributed by atoms with Crippen LogP contribution in [-0.4, -0.2) is 11.2 Å². The van der Waals surface area contributed by atoms with Gasteiger partial charge in [0.2, 0.25) is 0 Å². The Morgan fingerprint density at radius 1 is 1.04 bits per heavy atom. The number of rotatable bonds is 4. The summed E-state index contributed by atoms with van der Waals surface area (Å²) in [6.07, 6.45) is 0. The number of ether oxygens (including phenoxy) is 1. The quantitative estimate of drug-likeness (QED) is 0.723. The number of hydrogen-bond acceptors (Lipinski definition) is 4. The lowest BCUT2D eigenvalue weighted by Gasteiger charge is -2.11. The van der Waals surface area contributed by atoms with Crippen molar-refractivity contribution in [2.75, 3.05) is 6.61 Å². The van der Waals surface area contributed by atoms with Gasteiger partial charge in [0, 0.05) is 5.02 Å². The van der Waals surface area contributed by atoms with Gasteiger partial charge >= 0.3 is 11.4 Å². The average molecular weight is 352 g/mol. The first kappa shape index (κ1) is 15.6. The molecular formula is C16H11Cl2NO4. The van der Waals surface area contributed by atoms with Gasteiger partial charge in [-0.05, 0) is 36.4 Å². The van der Waals surface area contributed by atoms with Gasteiger partial charge in [-0.1, -0.05) is 29.3 Å². The molecule has 1 heterocycles. The maximum absolute atomic E-state index is 12.0. The molecule has 5 nitrogen and oxygen atoms in total. The van der Waals surface area contributed by atoms with E-state index in [1.165, 1.54) is 4.57 Å². The number of halogens is 2. The van der Waals surface area contributed by atoms with E-state index >= 15 is 0 Å². The molecule has 0 atom stereocenters. The summed E-state index contributed by atoms with van der Waals surface area (Å²) in [7, 11) is 0. The van der Waals surface area contributed by atoms with Crippen molar-refractivity contribution < 1.29 is 9.15 Å². The molecule has 118 valence electrons. The van der Waals surface area contributed by atoms with E-state index in [2.05, 4.69) is 0 Å². The van der Waals surface area contributed by atoms with E-state index in [-0.39, 0.29) is 18.5 Å². The summed E-state index contributed by atoms with van der Waals surface area (Å²) in [5, 5.41) is 1.17. The minimum Gasteiger partial charge on any atom is -0.492 e. The van der Waals surface area contributed by atoms with Crippen molar-refractivity contribution in [1.29, 1.82) is 0 Å². The molecule has 0 radical (unpaired) electrons. The van der Waals surface area contributed by atoms with E-state index in [0.29, 0.717) is 21.3 Å². The Bertz CT molecular complexity index is 960. The Labute approximate surface area is 140 Å². The van der Waals surface area contributed by atoms with E-state index in [9.17, 15) is 9.59 Å². The molecule has 0 saturated heterocycles. The molecule has 2 aromatic carbocycles. The lowest BCUT2D eigenvalue weighted by atomic mass is 10.2. The van der Waals surface area contributed by atoms with Gasteiger partial charge in [0.1, 0.15) is 12.4 Å². The summed E-state index contributed by atoms with van der Waals surface area (Å²) in [5.74, 6) is -0.148. The summed E-state index contributed by atoms with van der Waals surface area (Å²) < 4.78 is 11.6. The van der Waals surface area contributed by atoms with Crippen molar-refractivity contribution in [2.24, 2.45) is 0 Å². The smallest absolute Gasteiger partial charge is 0.422 e. The standard InChI is InChI=1S/C16H11Cl2NO4/c17-10-4-6-11(7-5-10)22-9-8-19-14-12(2-1-3-13(14)18)15(20)23-16(19)21/h1-7H,8-9H2. The molecule has 0 amide bonds. The van der Waals surface area contributed by atoms with E-state index in [1.807, 2.05) is 0 Å². The molecule has 23 heavy (non-hydrogen) atoms. The minimum absolute atomic E-state index is 0.186. The van der Waals surface area contributed by atoms with E-state index in [0.717, 1.165) is 0 Å². The maximum atomic E-state index is 12.0. The van der Waals surface area contributed by atoms with Crippen LogP contribution >= 0.6 is 23.2 Å². The van der Waals surface area contributed by atoms with Gasteiger partial charge in [0.15, 0.2) is 0 Å². The number of para-hydroxylation sites is 1. The number of hydrogen-bond donors (Lipinski definition) is 0. The maximum Gasteiger partial charge on any atom is 0.422 e. The summed E-state index contributed by atoms with van der Waals surface area (Å²) >= 11 is 11.9. The van der Waals surface area contributed by atoms with Crippen LogP contribution in [0.25, 0.3) is 10.9 Å². The third-order valence-electron chi connectivity index (χ3n) is 3.27. The molecule has 0 fully saturated rings. The summed E-state index contributed by atoms with van der Waals surface area (Å²) in [6.45, 7) is 0.390. The van der Waals surface area contributed by atoms with Crippen LogP contribution in [-0.2, 0) is 6.54 Å². The second-order valence-corrected chi connectivity index (χ2v) is 5.59. The number of benzene rings is 2. The van der Waals surface area contributed by atoms with Gasteiger partial charge in [-0.3, -0.25) is 4.57 Å². The third-order valence-corrected chi connectivity index (χ3v) is 3.83. The molecule has 1 aromatic heterocycles. The first-order valence-corrected chi connectivity index (χ1v) is 7.52. The molecule has 0 saturated carbocycles. The Morgan fingerprint density at radius 2 is 1.78 bits per heavy atom. The number of nitrogens with zero attached hydrogens (tertiary/aromatic N) is 1. The van der Waals surface area contributed by atoms with Crippen molar-refractivity contribution in [3.8, 4) is 5.75 Å². The fraction of sp³-hybridized carbons (Fsp3) is 0.125. The summed E-state index contributed by atoms with van der Waals surface area (Å²) in [4.78, 5) is 23.7. The van der Waals surface area contributed by atoms with Crippen LogP contribution < -0.4 is 16.1 Å². The fourth-order valence-electron chi connectivity index (χ4n) is 2.22. The molecule has 0 aliphatic carbocycles. The highest BCUT2D eigenvalue weighted by Crippen LogP contribution is 2.20. The fourth-order valence-corrected chi connectivity index (χ4v) is 2.63. The second-order valence-electron chi connectivity index (χ2n) is 4.75. The highest BCUT2D eigenvalue weighted by atomic mass is 35.5. The zero-order valence-corrected chi connectivity index (χ0v) is 13.3. The Balaban J connectivity index is 1.89. The molecule has 3 rings (SSSR count). The lowest BCUT2D eigenvalue weighted by Crippen LogP contribution is -2.27. The molecule has 0 bridgehead atoms. The SMILES string of the molecule is O=c1oc(=O)n(CCOc2ccc(Cl)cc2)c2c(Cl)cccc12. The van der Waals surface area contributed by atoms with Gasteiger partial charge in [-0.15, -0.1) is 0 Å². The molecule has 3 aromatic rings. The first-order valence-electron chi connectivity index (χ1n) is 6.77. The van der Waals surface area contributed by atoms with Crippen LogP contribution in [0.1, 0.15) is 0 Å². The molecular weight excluding hydrogens is 341 g/mol. The lowest BCUT2D eigenvalue weighted by molar-refractivity contribution is 0.287. The summed E-state index contributed by atoms with van der Waals surface area (Å²) in [5.41, 5.74) is -0.363. The topological polar surface area (TPSA) is 61.4 Å². The van der Waals surface area contributed by atoms with Gasteiger partial charge < -0.3 is 9.15 Å². The van der Waals surface area contributed by atoms with Gasteiger partial charge in [-0.2, -0.15) is 0 Å². The predicted octanol–water partition coefficient (Wildman–Crippen LogP) is 3.34. The van der Waals surface area contributed by atoms with Crippen LogP contribution in [0.5, 0.6) is 5.75 Å². The van der Waals surface area contributed by atoms with E-state index in [1.54, 1.807) is 42.5 Å². The second kappa shape index (κ2) is 6.48. The third kappa shape index (κ3) is 3.25. The average Bonchev–Trinajstić information content (AvgIpc) is 2.53. The van der Waals surface area contributed by atoms with Crippen LogP contribution in [0.3, 0.4) is 0 Å². The van der Waals surface area contributed by atoms with Crippen molar-refractivity contribution in [2.45, 2.75) is 6.54 Å². The normalized spacial score (nSPS) is 10.9. The molecule has 0 aliphatic rings. The van der Waals surface area contributed by atoms with Crippen LogP contribution in [0.15, 0.2) is 56.5 Å². The van der Waals surface area contributed by atoms with Gasteiger partial charge in [0.05, 0.1) is 22.5 Å². The van der Waals surface area contributed by atoms with Gasteiger partial charge in [0.25, 0.3) is 0 Å². The Kier molecular flexibility index (Phi) is 4.41. The van der Waals surface area contributed by atoms with E-state index in [4.69, 9.17) is 32.4 Å². The van der Waals surface area contributed by atoms with Crippen molar-refractivity contribution in [1.82, 2.24) is 4.57 Å². The highest BCUT2D eigenvalue weighted by Gasteiger charge is 2.12. The largest absolute Gasteiger partial charge is 0.492 e. The van der Waals surface area contributed by atoms with Crippen molar-refractivity contribution in [3.05, 3.63) is 73.5 Å². The highest BCUT2D eigenvalue weighted by molar-refractivity contribution is 6.35. The molecule has 0 aliphatic heterocycles. The molecule has 0 spiro atoms. The molecule has 0 N–H and O–H groups in total. The zero-order valence-electron chi connectivity index (χ0n) is 11.8. The Morgan fingerprint density at radius 3 is 2.52 bits per heavy atom.